The molecule has 3 rings (SSSR count). The van der Waals surface area contributed by atoms with E-state index in [0.29, 0.717) is 43.6 Å². The molecule has 8 nitrogen and oxygen atoms in total. The van der Waals surface area contributed by atoms with Crippen LogP contribution in [0.1, 0.15) is 46.5 Å². The first kappa shape index (κ1) is 26.5. The zero-order chi connectivity index (χ0) is 25.5. The Morgan fingerprint density at radius 3 is 2.71 bits per heavy atom. The lowest BCUT2D eigenvalue weighted by Gasteiger charge is -2.21. The van der Waals surface area contributed by atoms with Crippen LogP contribution in [0.25, 0.3) is 0 Å². The summed E-state index contributed by atoms with van der Waals surface area (Å²) in [5.74, 6) is -1.19. The minimum atomic E-state index is -0.697. The highest BCUT2D eigenvalue weighted by Gasteiger charge is 2.23. The van der Waals surface area contributed by atoms with Gasteiger partial charge in [-0.15, -0.1) is 5.10 Å². The third-order valence-electron chi connectivity index (χ3n) is 5.34. The van der Waals surface area contributed by atoms with E-state index >= 15 is 0 Å². The van der Waals surface area contributed by atoms with Crippen molar-refractivity contribution in [3.63, 3.8) is 0 Å². The number of methoxy groups -OCH3 is 1. The molecule has 35 heavy (non-hydrogen) atoms. The van der Waals surface area contributed by atoms with Crippen molar-refractivity contribution in [3.05, 3.63) is 74.8 Å². The molecule has 0 aliphatic heterocycles. The number of rotatable bonds is 11. The summed E-state index contributed by atoms with van der Waals surface area (Å²) in [6.07, 6.45) is 0.850. The van der Waals surface area contributed by atoms with Crippen molar-refractivity contribution in [2.24, 2.45) is 0 Å². The molecule has 1 aromatic heterocycles. The van der Waals surface area contributed by atoms with Gasteiger partial charge in [0.1, 0.15) is 17.5 Å². The van der Waals surface area contributed by atoms with Crippen molar-refractivity contribution in [3.8, 4) is 0 Å². The Morgan fingerprint density at radius 2 is 2.03 bits per heavy atom. The topological polar surface area (TPSA) is 100 Å². The second kappa shape index (κ2) is 12.1. The molecule has 3 aromatic rings. The zero-order valence-electron chi connectivity index (χ0n) is 18.9. The minimum Gasteiger partial charge on any atom is -0.377 e. The molecular formula is C23H23Cl2F2N5O3. The summed E-state index contributed by atoms with van der Waals surface area (Å²) < 4.78 is 33.5. The van der Waals surface area contributed by atoms with Gasteiger partial charge in [-0.1, -0.05) is 29.3 Å². The van der Waals surface area contributed by atoms with Crippen LogP contribution in [0.4, 0.5) is 14.5 Å². The maximum absolute atomic E-state index is 14.7. The van der Waals surface area contributed by atoms with Crippen molar-refractivity contribution >= 4 is 41.2 Å². The predicted molar refractivity (Wildman–Crippen MR) is 128 cm³/mol. The standard InChI is InChI=1S/C23H23Cl2F2N5O3/c1-32(9-3-4-18(35-2)20-17(28-12-33)8-6-14(24)21(20)27)23(34)22-29-19(30-31-22)11-13-5-7-16(26)15(25)10-13/h5-8,10,12,18H,3-4,9,11H2,1-2H3,(H,28,33)(H,29,30,31). The van der Waals surface area contributed by atoms with Gasteiger partial charge >= 0.3 is 0 Å². The molecule has 0 saturated heterocycles. The van der Waals surface area contributed by atoms with Gasteiger partial charge in [-0.05, 0) is 42.7 Å². The fourth-order valence-corrected chi connectivity index (χ4v) is 3.92. The van der Waals surface area contributed by atoms with Crippen LogP contribution >= 0.6 is 23.2 Å². The Labute approximate surface area is 210 Å². The van der Waals surface area contributed by atoms with Crippen LogP contribution < -0.4 is 5.32 Å². The number of nitrogens with zero attached hydrogens (tertiary/aromatic N) is 3. The lowest BCUT2D eigenvalue weighted by atomic mass is 10.0. The summed E-state index contributed by atoms with van der Waals surface area (Å²) in [4.78, 5) is 29.3. The van der Waals surface area contributed by atoms with Crippen molar-refractivity contribution < 1.29 is 23.1 Å². The van der Waals surface area contributed by atoms with Gasteiger partial charge in [0.25, 0.3) is 5.91 Å². The first-order valence-electron chi connectivity index (χ1n) is 10.6. The van der Waals surface area contributed by atoms with E-state index < -0.39 is 23.6 Å². The summed E-state index contributed by atoms with van der Waals surface area (Å²) in [5.41, 5.74) is 1.11. The number of benzene rings is 2. The summed E-state index contributed by atoms with van der Waals surface area (Å²) in [6, 6.07) is 7.16. The first-order chi connectivity index (χ1) is 16.7. The average molecular weight is 526 g/mol. The molecule has 1 heterocycles. The minimum absolute atomic E-state index is 0.000808. The Balaban J connectivity index is 1.60. The second-order valence-corrected chi connectivity index (χ2v) is 8.52. The highest BCUT2D eigenvalue weighted by atomic mass is 35.5. The Kier molecular flexibility index (Phi) is 9.13. The van der Waals surface area contributed by atoms with E-state index in [1.807, 2.05) is 0 Å². The molecule has 0 aliphatic rings. The average Bonchev–Trinajstić information content (AvgIpc) is 3.30. The lowest BCUT2D eigenvalue weighted by molar-refractivity contribution is -0.105. The van der Waals surface area contributed by atoms with Crippen LogP contribution in [-0.2, 0) is 16.0 Å². The Hall–Kier alpha value is -3.08. The molecule has 1 unspecified atom stereocenters. The number of aromatic nitrogens is 3. The second-order valence-electron chi connectivity index (χ2n) is 7.71. The van der Waals surface area contributed by atoms with E-state index in [1.165, 1.54) is 36.3 Å². The first-order valence-corrected chi connectivity index (χ1v) is 11.3. The number of carbonyl (C=O) groups is 2. The normalized spacial score (nSPS) is 11.8. The zero-order valence-corrected chi connectivity index (χ0v) is 20.5. The number of hydrogen-bond donors (Lipinski definition) is 2. The van der Waals surface area contributed by atoms with E-state index in [-0.39, 0.29) is 27.1 Å². The monoisotopic (exact) mass is 525 g/mol. The van der Waals surface area contributed by atoms with Gasteiger partial charge in [0.05, 0.1) is 16.1 Å². The SMILES string of the molecule is COC(CCCN(C)C(=O)c1n[nH]c(Cc2ccc(F)c(Cl)c2)n1)c1c(NC=O)ccc(Cl)c1F. The highest BCUT2D eigenvalue weighted by Crippen LogP contribution is 2.34. The van der Waals surface area contributed by atoms with Gasteiger partial charge in [-0.3, -0.25) is 14.7 Å². The van der Waals surface area contributed by atoms with E-state index in [9.17, 15) is 18.4 Å². The molecular weight excluding hydrogens is 503 g/mol. The van der Waals surface area contributed by atoms with Crippen LogP contribution in [0.3, 0.4) is 0 Å². The number of anilines is 1. The van der Waals surface area contributed by atoms with Crippen LogP contribution in [0.2, 0.25) is 10.0 Å². The van der Waals surface area contributed by atoms with Gasteiger partial charge in [0.2, 0.25) is 12.2 Å². The number of hydrogen-bond acceptors (Lipinski definition) is 5. The molecule has 0 bridgehead atoms. The van der Waals surface area contributed by atoms with Gasteiger partial charge in [-0.25, -0.2) is 13.8 Å². The molecule has 0 saturated carbocycles. The number of H-pyrrole nitrogens is 1. The summed E-state index contributed by atoms with van der Waals surface area (Å²) >= 11 is 11.7. The molecule has 1 atom stereocenters. The number of halogens is 4. The molecule has 2 aromatic carbocycles. The van der Waals surface area contributed by atoms with Crippen LogP contribution in [0.15, 0.2) is 30.3 Å². The quantitative estimate of drug-likeness (QED) is 0.350. The number of ether oxygens (including phenoxy) is 1. The third kappa shape index (κ3) is 6.53. The van der Waals surface area contributed by atoms with E-state index in [1.54, 1.807) is 13.1 Å². The summed E-state index contributed by atoms with van der Waals surface area (Å²) in [5, 5.41) is 9.04. The van der Waals surface area contributed by atoms with Crippen molar-refractivity contribution in [1.29, 1.82) is 0 Å². The molecule has 12 heteroatoms. The summed E-state index contributed by atoms with van der Waals surface area (Å²) in [6.45, 7) is 0.314. The van der Waals surface area contributed by atoms with Crippen LogP contribution in [0, 0.1) is 11.6 Å². The third-order valence-corrected chi connectivity index (χ3v) is 5.92. The Bertz CT molecular complexity index is 1210. The van der Waals surface area contributed by atoms with Crippen LogP contribution in [0.5, 0.6) is 0 Å². The smallest absolute Gasteiger partial charge is 0.293 e. The highest BCUT2D eigenvalue weighted by molar-refractivity contribution is 6.31. The number of aromatic amines is 1. The van der Waals surface area contributed by atoms with Gasteiger partial charge in [0, 0.05) is 38.4 Å². The van der Waals surface area contributed by atoms with E-state index in [0.717, 1.165) is 0 Å². The van der Waals surface area contributed by atoms with Crippen molar-refractivity contribution in [2.45, 2.75) is 25.4 Å². The van der Waals surface area contributed by atoms with E-state index in [4.69, 9.17) is 27.9 Å². The molecule has 0 fully saturated rings. The Morgan fingerprint density at radius 1 is 1.26 bits per heavy atom. The van der Waals surface area contributed by atoms with Crippen molar-refractivity contribution in [2.75, 3.05) is 26.0 Å². The lowest BCUT2D eigenvalue weighted by Crippen LogP contribution is -2.29. The van der Waals surface area contributed by atoms with Gasteiger partial charge in [-0.2, -0.15) is 0 Å². The van der Waals surface area contributed by atoms with Crippen molar-refractivity contribution in [1.82, 2.24) is 20.1 Å². The molecule has 0 aliphatic carbocycles. The fraction of sp³-hybridized carbons (Fsp3) is 0.304. The molecule has 0 spiro atoms. The maximum atomic E-state index is 14.7. The molecule has 2 amide bonds. The van der Waals surface area contributed by atoms with Gasteiger partial charge in [0.15, 0.2) is 0 Å². The molecule has 186 valence electrons. The fourth-order valence-electron chi connectivity index (χ4n) is 3.55. The van der Waals surface area contributed by atoms with Gasteiger partial charge < -0.3 is 15.0 Å². The van der Waals surface area contributed by atoms with Crippen LogP contribution in [-0.4, -0.2) is 53.1 Å². The number of nitrogens with one attached hydrogen (secondary N) is 2. The van der Waals surface area contributed by atoms with E-state index in [2.05, 4.69) is 20.5 Å². The molecule has 2 N–H and O–H groups in total. The number of carbonyl (C=O) groups excluding carboxylic acids is 2. The largest absolute Gasteiger partial charge is 0.377 e. The maximum Gasteiger partial charge on any atom is 0.293 e. The molecule has 0 radical (unpaired) electrons. The predicted octanol–water partition coefficient (Wildman–Crippen LogP) is 4.79. The summed E-state index contributed by atoms with van der Waals surface area (Å²) in [7, 11) is 3.02. The number of amides is 2.